The van der Waals surface area contributed by atoms with Gasteiger partial charge in [0.05, 0.1) is 25.3 Å². The minimum Gasteiger partial charge on any atom is -0.465 e. The van der Waals surface area contributed by atoms with Crippen LogP contribution in [0.2, 0.25) is 0 Å². The number of rotatable bonds is 12. The lowest BCUT2D eigenvalue weighted by atomic mass is 10.1. The Morgan fingerprint density at radius 2 is 1.11 bits per heavy atom. The maximum Gasteiger partial charge on any atom is 0.341 e. The summed E-state index contributed by atoms with van der Waals surface area (Å²) in [4.78, 5) is 51.2. The van der Waals surface area contributed by atoms with Gasteiger partial charge in [-0.05, 0) is 37.8 Å². The fourth-order valence-corrected chi connectivity index (χ4v) is 6.79. The van der Waals surface area contributed by atoms with E-state index in [1.807, 2.05) is 27.7 Å². The van der Waals surface area contributed by atoms with Crippen LogP contribution in [0, 0.1) is 13.8 Å². The highest BCUT2D eigenvalue weighted by atomic mass is 32.2. The Morgan fingerprint density at radius 3 is 1.43 bits per heavy atom. The fourth-order valence-electron chi connectivity index (χ4n) is 3.63. The highest BCUT2D eigenvalue weighted by molar-refractivity contribution is 7.99. The highest BCUT2D eigenvalue weighted by Crippen LogP contribution is 2.35. The van der Waals surface area contributed by atoms with Gasteiger partial charge in [-0.1, -0.05) is 13.8 Å². The molecule has 0 unspecified atom stereocenters. The third-order valence-electron chi connectivity index (χ3n) is 5.36. The molecule has 11 heteroatoms. The molecule has 2 rings (SSSR count). The van der Waals surface area contributed by atoms with Crippen molar-refractivity contribution < 1.29 is 28.7 Å². The number of hydrogen-bond donors (Lipinski definition) is 2. The Kier molecular flexibility index (Phi) is 11.3. The Balaban J connectivity index is 1.84. The second-order valence-corrected chi connectivity index (χ2v) is 11.3. The van der Waals surface area contributed by atoms with E-state index < -0.39 is 11.9 Å². The number of amides is 2. The lowest BCUT2D eigenvalue weighted by Crippen LogP contribution is -2.16. The average Bonchev–Trinajstić information content (AvgIpc) is 3.31. The number of ether oxygens (including phenoxy) is 2. The Bertz CT molecular complexity index is 1010. The summed E-state index contributed by atoms with van der Waals surface area (Å²) in [6, 6.07) is 0. The summed E-state index contributed by atoms with van der Waals surface area (Å²) >= 11 is 4.23. The molecular formula is C24H32N2O6S3. The van der Waals surface area contributed by atoms with Gasteiger partial charge < -0.3 is 20.1 Å². The third-order valence-corrected chi connectivity index (χ3v) is 8.47. The largest absolute Gasteiger partial charge is 0.465 e. The smallest absolute Gasteiger partial charge is 0.341 e. The quantitative estimate of drug-likeness (QED) is 0.281. The van der Waals surface area contributed by atoms with Gasteiger partial charge in [-0.2, -0.15) is 11.8 Å². The number of thiophene rings is 2. The fraction of sp³-hybridized carbons (Fsp3) is 0.500. The van der Waals surface area contributed by atoms with Crippen LogP contribution in [0.15, 0.2) is 0 Å². The van der Waals surface area contributed by atoms with Gasteiger partial charge in [0.15, 0.2) is 0 Å². The molecule has 0 aliphatic carbocycles. The van der Waals surface area contributed by atoms with Crippen molar-refractivity contribution in [2.75, 3.05) is 36.4 Å². The maximum atomic E-state index is 12.4. The van der Waals surface area contributed by atoms with Gasteiger partial charge in [0.1, 0.15) is 10.0 Å². The summed E-state index contributed by atoms with van der Waals surface area (Å²) in [6.45, 7) is 7.75. The maximum absolute atomic E-state index is 12.4. The van der Waals surface area contributed by atoms with Crippen molar-refractivity contribution in [3.63, 3.8) is 0 Å². The number of aryl methyl sites for hydroxylation is 2. The normalized spacial score (nSPS) is 10.7. The van der Waals surface area contributed by atoms with Crippen LogP contribution < -0.4 is 10.6 Å². The van der Waals surface area contributed by atoms with Crippen molar-refractivity contribution in [1.82, 2.24) is 0 Å². The second-order valence-electron chi connectivity index (χ2n) is 7.58. The van der Waals surface area contributed by atoms with E-state index in [9.17, 15) is 19.2 Å². The number of anilines is 2. The lowest BCUT2D eigenvalue weighted by Gasteiger charge is -2.08. The predicted molar refractivity (Wildman–Crippen MR) is 143 cm³/mol. The molecule has 2 aromatic heterocycles. The van der Waals surface area contributed by atoms with Crippen molar-refractivity contribution in [3.8, 4) is 0 Å². The SMILES string of the molecule is CCc1c(C)sc(NC(=O)CCSCCC(=O)Nc2sc(C)c(CC)c2C(=O)OC)c1C(=O)OC. The molecule has 2 amide bonds. The minimum atomic E-state index is -0.454. The first-order chi connectivity index (χ1) is 16.7. The Labute approximate surface area is 218 Å². The summed E-state index contributed by atoms with van der Waals surface area (Å²) in [6.07, 6.45) is 1.85. The van der Waals surface area contributed by atoms with Gasteiger partial charge in [-0.15, -0.1) is 22.7 Å². The van der Waals surface area contributed by atoms with Crippen molar-refractivity contribution in [2.45, 2.75) is 53.4 Å². The summed E-state index contributed by atoms with van der Waals surface area (Å²) in [5, 5.41) is 6.69. The molecule has 0 radical (unpaired) electrons. The molecule has 0 aromatic carbocycles. The minimum absolute atomic E-state index is 0.195. The molecule has 2 N–H and O–H groups in total. The van der Waals surface area contributed by atoms with Crippen LogP contribution in [-0.4, -0.2) is 49.5 Å². The zero-order valence-electron chi connectivity index (χ0n) is 20.9. The molecular weight excluding hydrogens is 508 g/mol. The van der Waals surface area contributed by atoms with Crippen LogP contribution in [0.1, 0.15) is 68.3 Å². The number of carbonyl (C=O) groups excluding carboxylic acids is 4. The van der Waals surface area contributed by atoms with Crippen LogP contribution in [0.4, 0.5) is 10.0 Å². The van der Waals surface area contributed by atoms with Gasteiger partial charge in [0.2, 0.25) is 11.8 Å². The molecule has 8 nitrogen and oxygen atoms in total. The van der Waals surface area contributed by atoms with E-state index in [2.05, 4.69) is 10.6 Å². The summed E-state index contributed by atoms with van der Waals surface area (Å²) in [5.74, 6) is -0.236. The monoisotopic (exact) mass is 540 g/mol. The topological polar surface area (TPSA) is 111 Å². The first-order valence-electron chi connectivity index (χ1n) is 11.3. The van der Waals surface area contributed by atoms with Crippen LogP contribution >= 0.6 is 34.4 Å². The zero-order chi connectivity index (χ0) is 26.1. The van der Waals surface area contributed by atoms with Crippen molar-refractivity contribution in [1.29, 1.82) is 0 Å². The number of nitrogens with one attached hydrogen (secondary N) is 2. The van der Waals surface area contributed by atoms with Gasteiger partial charge in [0.25, 0.3) is 0 Å². The first kappa shape index (κ1) is 28.9. The number of hydrogen-bond acceptors (Lipinski definition) is 9. The van der Waals surface area contributed by atoms with E-state index in [-0.39, 0.29) is 24.7 Å². The standard InChI is InChI=1S/C24H32N2O6S3/c1-7-15-13(3)34-21(19(15)23(29)31-5)25-17(27)9-11-33-12-10-18(28)26-22-20(24(30)32-6)16(8-2)14(4)35-22/h7-12H2,1-6H3,(H,25,27)(H,26,28). The van der Waals surface area contributed by atoms with Crippen molar-refractivity contribution in [3.05, 3.63) is 32.0 Å². The lowest BCUT2D eigenvalue weighted by molar-refractivity contribution is -0.116. The zero-order valence-corrected chi connectivity index (χ0v) is 23.4. The van der Waals surface area contributed by atoms with Gasteiger partial charge in [-0.3, -0.25) is 9.59 Å². The predicted octanol–water partition coefficient (Wildman–Crippen LogP) is 5.22. The molecule has 192 valence electrons. The number of thioether (sulfide) groups is 1. The molecule has 0 bridgehead atoms. The molecule has 0 saturated carbocycles. The van der Waals surface area contributed by atoms with Crippen molar-refractivity contribution in [2.24, 2.45) is 0 Å². The third kappa shape index (κ3) is 7.31. The number of esters is 2. The second kappa shape index (κ2) is 13.6. The Morgan fingerprint density at radius 1 is 0.743 bits per heavy atom. The summed E-state index contributed by atoms with van der Waals surface area (Å²) in [5.41, 5.74) is 2.63. The molecule has 2 heterocycles. The van der Waals surface area contributed by atoms with Crippen LogP contribution in [0.3, 0.4) is 0 Å². The molecule has 0 saturated heterocycles. The van der Waals surface area contributed by atoms with E-state index in [4.69, 9.17) is 9.47 Å². The van der Waals surface area contributed by atoms with E-state index >= 15 is 0 Å². The van der Waals surface area contributed by atoms with E-state index in [1.54, 1.807) is 0 Å². The highest BCUT2D eigenvalue weighted by Gasteiger charge is 2.24. The van der Waals surface area contributed by atoms with E-state index in [1.165, 1.54) is 48.7 Å². The molecule has 0 spiro atoms. The first-order valence-corrected chi connectivity index (χ1v) is 14.1. The summed E-state index contributed by atoms with van der Waals surface area (Å²) < 4.78 is 9.77. The Hall–Kier alpha value is -2.37. The summed E-state index contributed by atoms with van der Waals surface area (Å²) in [7, 11) is 2.65. The molecule has 0 aliphatic heterocycles. The molecule has 0 fully saturated rings. The molecule has 2 aromatic rings. The molecule has 0 aliphatic rings. The number of carbonyl (C=O) groups is 4. The van der Waals surface area contributed by atoms with Crippen LogP contribution in [-0.2, 0) is 31.9 Å². The van der Waals surface area contributed by atoms with E-state index in [0.29, 0.717) is 45.5 Å². The van der Waals surface area contributed by atoms with Crippen LogP contribution in [0.5, 0.6) is 0 Å². The van der Waals surface area contributed by atoms with E-state index in [0.717, 1.165) is 20.9 Å². The van der Waals surface area contributed by atoms with Crippen molar-refractivity contribution >= 4 is 68.2 Å². The number of methoxy groups -OCH3 is 2. The molecule has 35 heavy (non-hydrogen) atoms. The van der Waals surface area contributed by atoms with Gasteiger partial charge in [-0.25, -0.2) is 9.59 Å². The van der Waals surface area contributed by atoms with Crippen LogP contribution in [0.25, 0.3) is 0 Å². The molecule has 0 atom stereocenters. The van der Waals surface area contributed by atoms with Gasteiger partial charge >= 0.3 is 11.9 Å². The van der Waals surface area contributed by atoms with Gasteiger partial charge in [0, 0.05) is 34.1 Å². The average molecular weight is 541 g/mol.